The van der Waals surface area contributed by atoms with Gasteiger partial charge in [-0.25, -0.2) is 4.39 Å². The second kappa shape index (κ2) is 4.06. The highest BCUT2D eigenvalue weighted by Gasteiger charge is 2.49. The molecule has 0 amide bonds. The summed E-state index contributed by atoms with van der Waals surface area (Å²) in [5.41, 5.74) is 0.291. The molecule has 2 saturated carbocycles. The van der Waals surface area contributed by atoms with Crippen molar-refractivity contribution in [1.82, 2.24) is 0 Å². The van der Waals surface area contributed by atoms with Gasteiger partial charge in [-0.15, -0.1) is 0 Å². The molecule has 3 rings (SSSR count). The maximum Gasteiger partial charge on any atom is 0.123 e. The van der Waals surface area contributed by atoms with Crippen LogP contribution in [0, 0.1) is 17.7 Å². The first kappa shape index (κ1) is 11.7. The van der Waals surface area contributed by atoms with Crippen LogP contribution in [0.2, 0.25) is 0 Å². The Kier molecular flexibility index (Phi) is 2.79. The number of fused-ring (bicyclic) bond motifs is 2. The van der Waals surface area contributed by atoms with E-state index in [0.29, 0.717) is 18.3 Å². The SMILES string of the molecule is OC1(Cc2cc(F)ccc2Br)CC2CCC1C2. The minimum absolute atomic E-state index is 0.227. The lowest BCUT2D eigenvalue weighted by atomic mass is 9.80. The largest absolute Gasteiger partial charge is 0.389 e. The zero-order valence-corrected chi connectivity index (χ0v) is 11.2. The molecule has 1 nitrogen and oxygen atoms in total. The molecule has 3 atom stereocenters. The molecule has 2 fully saturated rings. The van der Waals surface area contributed by atoms with Gasteiger partial charge in [0.25, 0.3) is 0 Å². The van der Waals surface area contributed by atoms with Gasteiger partial charge in [0.05, 0.1) is 5.60 Å². The predicted molar refractivity (Wildman–Crippen MR) is 68.2 cm³/mol. The van der Waals surface area contributed by atoms with Gasteiger partial charge in [-0.05, 0) is 61.3 Å². The number of hydrogen-bond acceptors (Lipinski definition) is 1. The van der Waals surface area contributed by atoms with Gasteiger partial charge in [-0.2, -0.15) is 0 Å². The fourth-order valence-electron chi connectivity index (χ4n) is 3.64. The zero-order chi connectivity index (χ0) is 12.0. The highest BCUT2D eigenvalue weighted by Crippen LogP contribution is 2.52. The molecule has 1 aromatic carbocycles. The normalized spacial score (nSPS) is 35.5. The lowest BCUT2D eigenvalue weighted by molar-refractivity contribution is -0.0126. The monoisotopic (exact) mass is 298 g/mol. The summed E-state index contributed by atoms with van der Waals surface area (Å²) in [6, 6.07) is 4.70. The van der Waals surface area contributed by atoms with Gasteiger partial charge in [0.1, 0.15) is 5.82 Å². The van der Waals surface area contributed by atoms with E-state index in [2.05, 4.69) is 15.9 Å². The minimum Gasteiger partial charge on any atom is -0.389 e. The summed E-state index contributed by atoms with van der Waals surface area (Å²) in [5.74, 6) is 0.884. The molecule has 2 bridgehead atoms. The zero-order valence-electron chi connectivity index (χ0n) is 9.63. The first-order chi connectivity index (χ1) is 8.07. The Morgan fingerprint density at radius 3 is 2.88 bits per heavy atom. The topological polar surface area (TPSA) is 20.2 Å². The van der Waals surface area contributed by atoms with Crippen LogP contribution in [-0.2, 0) is 6.42 Å². The molecule has 0 aromatic heterocycles. The third-order valence-electron chi connectivity index (χ3n) is 4.45. The molecule has 17 heavy (non-hydrogen) atoms. The van der Waals surface area contributed by atoms with E-state index in [1.165, 1.54) is 18.6 Å². The number of halogens is 2. The average molecular weight is 299 g/mol. The summed E-state index contributed by atoms with van der Waals surface area (Å²) in [5, 5.41) is 10.7. The van der Waals surface area contributed by atoms with E-state index in [0.717, 1.165) is 29.3 Å². The quantitative estimate of drug-likeness (QED) is 0.883. The van der Waals surface area contributed by atoms with Crippen LogP contribution >= 0.6 is 15.9 Å². The molecule has 3 unspecified atom stereocenters. The first-order valence-electron chi connectivity index (χ1n) is 6.23. The Balaban J connectivity index is 1.85. The van der Waals surface area contributed by atoms with Crippen molar-refractivity contribution in [3.05, 3.63) is 34.1 Å². The number of benzene rings is 1. The summed E-state index contributed by atoms with van der Waals surface area (Å²) in [7, 11) is 0. The Hall–Kier alpha value is -0.410. The highest BCUT2D eigenvalue weighted by atomic mass is 79.9. The van der Waals surface area contributed by atoms with E-state index >= 15 is 0 Å². The van der Waals surface area contributed by atoms with Gasteiger partial charge in [0, 0.05) is 10.9 Å². The van der Waals surface area contributed by atoms with Crippen LogP contribution in [0.1, 0.15) is 31.2 Å². The predicted octanol–water partition coefficient (Wildman–Crippen LogP) is 3.68. The van der Waals surface area contributed by atoms with Crippen molar-refractivity contribution in [2.75, 3.05) is 0 Å². The molecule has 0 heterocycles. The first-order valence-corrected chi connectivity index (χ1v) is 7.02. The Labute approximate surface area is 109 Å². The van der Waals surface area contributed by atoms with Crippen LogP contribution in [-0.4, -0.2) is 10.7 Å². The van der Waals surface area contributed by atoms with Gasteiger partial charge < -0.3 is 5.11 Å². The number of aliphatic hydroxyl groups is 1. The van der Waals surface area contributed by atoms with E-state index in [-0.39, 0.29) is 5.82 Å². The molecule has 0 radical (unpaired) electrons. The molecule has 0 spiro atoms. The Bertz CT molecular complexity index is 448. The molecular weight excluding hydrogens is 283 g/mol. The molecule has 0 aliphatic heterocycles. The van der Waals surface area contributed by atoms with Gasteiger partial charge in [-0.1, -0.05) is 15.9 Å². The highest BCUT2D eigenvalue weighted by molar-refractivity contribution is 9.10. The van der Waals surface area contributed by atoms with Crippen molar-refractivity contribution in [3.63, 3.8) is 0 Å². The van der Waals surface area contributed by atoms with Crippen molar-refractivity contribution in [2.24, 2.45) is 11.8 Å². The van der Waals surface area contributed by atoms with Crippen LogP contribution in [0.3, 0.4) is 0 Å². The average Bonchev–Trinajstić information content (AvgIpc) is 2.83. The van der Waals surface area contributed by atoms with Crippen LogP contribution < -0.4 is 0 Å². The summed E-state index contributed by atoms with van der Waals surface area (Å²) >= 11 is 3.44. The van der Waals surface area contributed by atoms with Gasteiger partial charge >= 0.3 is 0 Å². The molecule has 0 saturated heterocycles. The summed E-state index contributed by atoms with van der Waals surface area (Å²) in [6.45, 7) is 0. The van der Waals surface area contributed by atoms with E-state index in [1.807, 2.05) is 0 Å². The summed E-state index contributed by atoms with van der Waals surface area (Å²) < 4.78 is 14.1. The Morgan fingerprint density at radius 2 is 2.24 bits per heavy atom. The van der Waals surface area contributed by atoms with Crippen LogP contribution in [0.5, 0.6) is 0 Å². The van der Waals surface area contributed by atoms with Crippen LogP contribution in [0.25, 0.3) is 0 Å². The fourth-order valence-corrected chi connectivity index (χ4v) is 4.03. The van der Waals surface area contributed by atoms with Crippen LogP contribution in [0.4, 0.5) is 4.39 Å². The fraction of sp³-hybridized carbons (Fsp3) is 0.571. The van der Waals surface area contributed by atoms with E-state index in [9.17, 15) is 9.50 Å². The molecular formula is C14H16BrFO. The maximum absolute atomic E-state index is 13.2. The molecule has 2 aliphatic carbocycles. The molecule has 2 aliphatic rings. The van der Waals surface area contributed by atoms with Crippen molar-refractivity contribution >= 4 is 15.9 Å². The summed E-state index contributed by atoms with van der Waals surface area (Å²) in [4.78, 5) is 0. The minimum atomic E-state index is -0.598. The molecule has 1 aromatic rings. The second-order valence-electron chi connectivity index (χ2n) is 5.60. The maximum atomic E-state index is 13.2. The third-order valence-corrected chi connectivity index (χ3v) is 5.22. The number of hydrogen-bond donors (Lipinski definition) is 1. The van der Waals surface area contributed by atoms with Crippen molar-refractivity contribution in [3.8, 4) is 0 Å². The van der Waals surface area contributed by atoms with Crippen molar-refractivity contribution < 1.29 is 9.50 Å². The lowest BCUT2D eigenvalue weighted by Crippen LogP contribution is -2.37. The molecule has 1 N–H and O–H groups in total. The van der Waals surface area contributed by atoms with Crippen LogP contribution in [0.15, 0.2) is 22.7 Å². The second-order valence-corrected chi connectivity index (χ2v) is 6.45. The van der Waals surface area contributed by atoms with Gasteiger partial charge in [0.15, 0.2) is 0 Å². The van der Waals surface area contributed by atoms with Gasteiger partial charge in [-0.3, -0.25) is 0 Å². The van der Waals surface area contributed by atoms with E-state index in [4.69, 9.17) is 0 Å². The van der Waals surface area contributed by atoms with E-state index in [1.54, 1.807) is 6.07 Å². The number of rotatable bonds is 2. The van der Waals surface area contributed by atoms with E-state index < -0.39 is 5.60 Å². The van der Waals surface area contributed by atoms with Crippen molar-refractivity contribution in [1.29, 1.82) is 0 Å². The van der Waals surface area contributed by atoms with Crippen molar-refractivity contribution in [2.45, 2.75) is 37.7 Å². The third kappa shape index (κ3) is 2.04. The smallest absolute Gasteiger partial charge is 0.123 e. The lowest BCUT2D eigenvalue weighted by Gasteiger charge is -2.33. The molecule has 92 valence electrons. The standard InChI is InChI=1S/C14H16BrFO/c15-13-4-3-12(16)6-10(13)8-14(17)7-9-1-2-11(14)5-9/h3-4,6,9,11,17H,1-2,5,7-8H2. The Morgan fingerprint density at radius 1 is 1.41 bits per heavy atom. The van der Waals surface area contributed by atoms with Gasteiger partial charge in [0.2, 0.25) is 0 Å². The summed E-state index contributed by atoms with van der Waals surface area (Å²) in [6.07, 6.45) is 5.02. The molecule has 3 heteroatoms.